The number of quaternary nitrogens is 1. The van der Waals surface area contributed by atoms with E-state index in [1.165, 1.54) is 88.0 Å². The molecule has 2 aliphatic rings. The van der Waals surface area contributed by atoms with Crippen LogP contribution < -0.4 is 12.4 Å². The lowest BCUT2D eigenvalue weighted by atomic mass is 10.1. The smallest absolute Gasteiger partial charge is 0.0916 e. The molecule has 0 radical (unpaired) electrons. The summed E-state index contributed by atoms with van der Waals surface area (Å²) in [5.41, 5.74) is 1.48. The zero-order chi connectivity index (χ0) is 13.7. The topological polar surface area (TPSA) is 3.24 Å². The van der Waals surface area contributed by atoms with Crippen molar-refractivity contribution < 1.29 is 16.9 Å². The van der Waals surface area contributed by atoms with Crippen molar-refractivity contribution in [2.75, 3.05) is 45.8 Å². The SMILES string of the molecule is [Cl-].c1ccc(CCN2CC[N+]3(CCCCCC3)CC2)cc1. The first-order valence-corrected chi connectivity index (χ1v) is 8.48. The summed E-state index contributed by atoms with van der Waals surface area (Å²) in [6.07, 6.45) is 7.07. The standard InChI is InChI=1S/C18H29N2.ClH/c1-2-7-15-20(14-6-1)16-12-19(13-17-20)11-10-18-8-4-3-5-9-18;/h3-5,8-9H,1-2,6-7,10-17H2;1H/q+1;/p-1. The number of rotatable bonds is 3. The zero-order valence-corrected chi connectivity index (χ0v) is 13.9. The molecule has 2 heterocycles. The highest BCUT2D eigenvalue weighted by molar-refractivity contribution is 5.14. The number of benzene rings is 1. The largest absolute Gasteiger partial charge is 1.00 e. The van der Waals surface area contributed by atoms with Gasteiger partial charge in [-0.1, -0.05) is 30.3 Å². The number of nitrogens with zero attached hydrogens (tertiary/aromatic N) is 2. The minimum absolute atomic E-state index is 0. The second-order valence-electron chi connectivity index (χ2n) is 6.73. The van der Waals surface area contributed by atoms with Crippen molar-refractivity contribution in [2.24, 2.45) is 0 Å². The van der Waals surface area contributed by atoms with E-state index in [-0.39, 0.29) is 12.4 Å². The molecule has 2 aliphatic heterocycles. The van der Waals surface area contributed by atoms with Crippen LogP contribution in [0.5, 0.6) is 0 Å². The van der Waals surface area contributed by atoms with Crippen molar-refractivity contribution in [1.82, 2.24) is 4.90 Å². The number of hydrogen-bond donors (Lipinski definition) is 0. The Balaban J connectivity index is 0.00000161. The van der Waals surface area contributed by atoms with Crippen LogP contribution in [0, 0.1) is 0 Å². The van der Waals surface area contributed by atoms with Crippen LogP contribution in [0.1, 0.15) is 31.2 Å². The van der Waals surface area contributed by atoms with Gasteiger partial charge in [0.05, 0.1) is 26.2 Å². The highest BCUT2D eigenvalue weighted by Crippen LogP contribution is 2.21. The van der Waals surface area contributed by atoms with Gasteiger partial charge in [0.1, 0.15) is 0 Å². The fourth-order valence-corrected chi connectivity index (χ4v) is 3.89. The lowest BCUT2D eigenvalue weighted by Crippen LogP contribution is -3.00. The van der Waals surface area contributed by atoms with Crippen LogP contribution in [-0.2, 0) is 6.42 Å². The molecule has 3 rings (SSSR count). The molecule has 2 saturated heterocycles. The predicted molar refractivity (Wildman–Crippen MR) is 84.8 cm³/mol. The third-order valence-electron chi connectivity index (χ3n) is 5.36. The van der Waals surface area contributed by atoms with Crippen molar-refractivity contribution in [2.45, 2.75) is 32.1 Å². The summed E-state index contributed by atoms with van der Waals surface area (Å²) in [4.78, 5) is 2.68. The van der Waals surface area contributed by atoms with Crippen LogP contribution in [0.3, 0.4) is 0 Å². The van der Waals surface area contributed by atoms with Gasteiger partial charge in [0.15, 0.2) is 0 Å². The van der Waals surface area contributed by atoms with E-state index in [0.717, 1.165) is 0 Å². The highest BCUT2D eigenvalue weighted by Gasteiger charge is 2.32. The van der Waals surface area contributed by atoms with E-state index in [1.807, 2.05) is 0 Å². The Bertz CT molecular complexity index is 389. The van der Waals surface area contributed by atoms with Crippen LogP contribution in [0.4, 0.5) is 0 Å². The van der Waals surface area contributed by atoms with Gasteiger partial charge in [-0.3, -0.25) is 4.90 Å². The number of piperazine rings is 1. The van der Waals surface area contributed by atoms with E-state index >= 15 is 0 Å². The molecule has 0 aliphatic carbocycles. The molecular formula is C18H29ClN2. The average molecular weight is 309 g/mol. The molecule has 0 N–H and O–H groups in total. The fourth-order valence-electron chi connectivity index (χ4n) is 3.89. The summed E-state index contributed by atoms with van der Waals surface area (Å²) in [6.45, 7) is 9.56. The van der Waals surface area contributed by atoms with Gasteiger partial charge in [-0.2, -0.15) is 0 Å². The lowest BCUT2D eigenvalue weighted by molar-refractivity contribution is -0.931. The van der Waals surface area contributed by atoms with Gasteiger partial charge in [0.2, 0.25) is 0 Å². The van der Waals surface area contributed by atoms with Gasteiger partial charge in [-0.05, 0) is 37.7 Å². The molecule has 118 valence electrons. The molecule has 0 bridgehead atoms. The molecule has 0 aromatic heterocycles. The number of halogens is 1. The fraction of sp³-hybridized carbons (Fsp3) is 0.667. The molecule has 2 fully saturated rings. The summed E-state index contributed by atoms with van der Waals surface area (Å²) in [5, 5.41) is 0. The van der Waals surface area contributed by atoms with Gasteiger partial charge in [0, 0.05) is 19.6 Å². The Morgan fingerprint density at radius 3 is 2.05 bits per heavy atom. The first kappa shape index (κ1) is 16.8. The molecule has 0 atom stereocenters. The van der Waals surface area contributed by atoms with E-state index in [9.17, 15) is 0 Å². The van der Waals surface area contributed by atoms with Crippen molar-refractivity contribution >= 4 is 0 Å². The lowest BCUT2D eigenvalue weighted by Gasteiger charge is -2.44. The molecule has 0 amide bonds. The Morgan fingerprint density at radius 1 is 0.810 bits per heavy atom. The Hall–Kier alpha value is -0.570. The number of hydrogen-bond acceptors (Lipinski definition) is 1. The maximum atomic E-state index is 2.68. The van der Waals surface area contributed by atoms with Crippen LogP contribution in [-0.4, -0.2) is 55.2 Å². The first-order chi connectivity index (χ1) is 9.86. The van der Waals surface area contributed by atoms with Gasteiger partial charge < -0.3 is 16.9 Å². The van der Waals surface area contributed by atoms with E-state index < -0.39 is 0 Å². The van der Waals surface area contributed by atoms with Crippen LogP contribution in [0.2, 0.25) is 0 Å². The van der Waals surface area contributed by atoms with Crippen LogP contribution in [0.15, 0.2) is 30.3 Å². The van der Waals surface area contributed by atoms with Crippen LogP contribution in [0.25, 0.3) is 0 Å². The summed E-state index contributed by atoms with van der Waals surface area (Å²) >= 11 is 0. The molecule has 3 heteroatoms. The highest BCUT2D eigenvalue weighted by atomic mass is 35.5. The minimum atomic E-state index is 0. The summed E-state index contributed by atoms with van der Waals surface area (Å²) in [6, 6.07) is 10.9. The van der Waals surface area contributed by atoms with E-state index in [0.29, 0.717) is 0 Å². The summed E-state index contributed by atoms with van der Waals surface area (Å²) in [7, 11) is 0. The van der Waals surface area contributed by atoms with Gasteiger partial charge >= 0.3 is 0 Å². The molecule has 1 aromatic rings. The van der Waals surface area contributed by atoms with E-state index in [4.69, 9.17) is 0 Å². The monoisotopic (exact) mass is 308 g/mol. The normalized spacial score (nSPS) is 22.5. The third-order valence-corrected chi connectivity index (χ3v) is 5.36. The second kappa shape index (κ2) is 8.17. The van der Waals surface area contributed by atoms with Gasteiger partial charge in [0.25, 0.3) is 0 Å². The molecule has 2 nitrogen and oxygen atoms in total. The zero-order valence-electron chi connectivity index (χ0n) is 13.1. The van der Waals surface area contributed by atoms with Gasteiger partial charge in [-0.25, -0.2) is 0 Å². The minimum Gasteiger partial charge on any atom is -1.00 e. The molecule has 21 heavy (non-hydrogen) atoms. The van der Waals surface area contributed by atoms with E-state index in [1.54, 1.807) is 0 Å². The Kier molecular flexibility index (Phi) is 6.53. The van der Waals surface area contributed by atoms with Crippen molar-refractivity contribution in [3.63, 3.8) is 0 Å². The van der Waals surface area contributed by atoms with Crippen LogP contribution >= 0.6 is 0 Å². The van der Waals surface area contributed by atoms with Crippen molar-refractivity contribution in [3.8, 4) is 0 Å². The van der Waals surface area contributed by atoms with E-state index in [2.05, 4.69) is 35.2 Å². The quantitative estimate of drug-likeness (QED) is 0.707. The molecule has 1 spiro atoms. The molecule has 0 saturated carbocycles. The second-order valence-corrected chi connectivity index (χ2v) is 6.73. The summed E-state index contributed by atoms with van der Waals surface area (Å²) in [5.74, 6) is 0. The predicted octanol–water partition coefficient (Wildman–Crippen LogP) is -0.0605. The summed E-state index contributed by atoms with van der Waals surface area (Å²) < 4.78 is 1.43. The first-order valence-electron chi connectivity index (χ1n) is 8.48. The maximum Gasteiger partial charge on any atom is 0.0916 e. The van der Waals surface area contributed by atoms with Crippen molar-refractivity contribution in [3.05, 3.63) is 35.9 Å². The third kappa shape index (κ3) is 4.70. The Labute approximate surface area is 136 Å². The molecule has 0 unspecified atom stereocenters. The van der Waals surface area contributed by atoms with Gasteiger partial charge in [-0.15, -0.1) is 0 Å². The Morgan fingerprint density at radius 2 is 1.43 bits per heavy atom. The average Bonchev–Trinajstić information content (AvgIpc) is 2.74. The molecular weight excluding hydrogens is 280 g/mol. The van der Waals surface area contributed by atoms with Crippen molar-refractivity contribution in [1.29, 1.82) is 0 Å². The maximum absolute atomic E-state index is 2.68. The molecule has 1 aromatic carbocycles.